The quantitative estimate of drug-likeness (QED) is 0.164. The Labute approximate surface area is 223 Å². The molecule has 2 heterocycles. The molecule has 192 valence electrons. The van der Waals surface area contributed by atoms with Crippen molar-refractivity contribution in [2.45, 2.75) is 12.4 Å². The van der Waals surface area contributed by atoms with Gasteiger partial charge in [-0.05, 0) is 51.8 Å². The first-order valence-corrected chi connectivity index (χ1v) is 11.6. The average Bonchev–Trinajstić information content (AvgIpc) is 2.80. The van der Waals surface area contributed by atoms with E-state index >= 15 is 0 Å². The molecule has 0 aliphatic carbocycles. The second-order valence-corrected chi connectivity index (χ2v) is 9.02. The van der Waals surface area contributed by atoms with Crippen LogP contribution in [0.1, 0.15) is 11.1 Å². The van der Waals surface area contributed by atoms with Crippen LogP contribution in [-0.2, 0) is 12.4 Å². The second kappa shape index (κ2) is 10.4. The minimum Gasteiger partial charge on any atom is -0.439 e. The van der Waals surface area contributed by atoms with Gasteiger partial charge in [-0.1, -0.05) is 47.5 Å². The third-order valence-corrected chi connectivity index (χ3v) is 5.87. The number of aromatic nitrogens is 2. The molecule has 2 aromatic carbocycles. The Morgan fingerprint density at radius 2 is 1.46 bits per heavy atom. The highest BCUT2D eigenvalue weighted by Gasteiger charge is 2.33. The summed E-state index contributed by atoms with van der Waals surface area (Å²) >= 11 is 15.0. The van der Waals surface area contributed by atoms with Crippen molar-refractivity contribution < 1.29 is 35.8 Å². The fraction of sp³-hybridized carbons (Fsp3) is 0.0833. The summed E-state index contributed by atoms with van der Waals surface area (Å²) in [6.45, 7) is 0. The van der Waals surface area contributed by atoms with Crippen LogP contribution in [0, 0.1) is 0 Å². The van der Waals surface area contributed by atoms with E-state index in [4.69, 9.17) is 32.7 Å². The molecule has 0 amide bonds. The second-order valence-electron chi connectivity index (χ2n) is 7.37. The molecular weight excluding hydrogens is 613 g/mol. The fourth-order valence-electron chi connectivity index (χ4n) is 3.10. The maximum absolute atomic E-state index is 13.0. The van der Waals surface area contributed by atoms with Crippen molar-refractivity contribution in [2.75, 3.05) is 0 Å². The van der Waals surface area contributed by atoms with Gasteiger partial charge >= 0.3 is 12.4 Å². The smallest absolute Gasteiger partial charge is 0.417 e. The maximum Gasteiger partial charge on any atom is 0.417 e. The van der Waals surface area contributed by atoms with E-state index in [1.165, 1.54) is 12.1 Å². The Morgan fingerprint density at radius 3 is 2.08 bits per heavy atom. The van der Waals surface area contributed by atoms with Crippen LogP contribution in [0.15, 0.2) is 71.3 Å². The highest BCUT2D eigenvalue weighted by atomic mass is 79.9. The Bertz CT molecular complexity index is 1450. The van der Waals surface area contributed by atoms with Crippen molar-refractivity contribution in [1.29, 1.82) is 0 Å². The lowest BCUT2D eigenvalue weighted by atomic mass is 10.0. The van der Waals surface area contributed by atoms with Crippen LogP contribution < -0.4 is 9.47 Å². The van der Waals surface area contributed by atoms with Gasteiger partial charge < -0.3 is 9.47 Å². The van der Waals surface area contributed by atoms with E-state index in [0.717, 1.165) is 6.07 Å². The number of rotatable bonds is 5. The van der Waals surface area contributed by atoms with Gasteiger partial charge in [0.2, 0.25) is 11.8 Å². The third-order valence-electron chi connectivity index (χ3n) is 4.79. The summed E-state index contributed by atoms with van der Waals surface area (Å²) in [5, 5.41) is -0.722. The van der Waals surface area contributed by atoms with Crippen LogP contribution in [0.3, 0.4) is 0 Å². The average molecular weight is 624 g/mol. The van der Waals surface area contributed by atoms with Crippen molar-refractivity contribution in [3.8, 4) is 34.4 Å². The molecule has 0 aliphatic heterocycles. The molecule has 4 rings (SSSR count). The van der Waals surface area contributed by atoms with Gasteiger partial charge in [0.05, 0.1) is 15.6 Å². The Kier molecular flexibility index (Phi) is 7.59. The summed E-state index contributed by atoms with van der Waals surface area (Å²) in [5.74, 6) is -0.189. The fourth-order valence-corrected chi connectivity index (χ4v) is 3.96. The minimum atomic E-state index is -4.63. The Morgan fingerprint density at radius 1 is 0.784 bits per heavy atom. The van der Waals surface area contributed by atoms with Crippen LogP contribution >= 0.6 is 39.1 Å². The predicted octanol–water partition coefficient (Wildman–Crippen LogP) is 9.84. The zero-order valence-electron chi connectivity index (χ0n) is 18.0. The van der Waals surface area contributed by atoms with Crippen molar-refractivity contribution in [3.63, 3.8) is 0 Å². The molecule has 2 aromatic heterocycles. The number of ether oxygens (including phenoxy) is 2. The number of alkyl halides is 6. The summed E-state index contributed by atoms with van der Waals surface area (Å²) in [6.07, 6.45) is -8.64. The van der Waals surface area contributed by atoms with E-state index in [0.29, 0.717) is 33.9 Å². The zero-order valence-corrected chi connectivity index (χ0v) is 21.1. The van der Waals surface area contributed by atoms with E-state index in [2.05, 4.69) is 25.9 Å². The first-order chi connectivity index (χ1) is 17.3. The van der Waals surface area contributed by atoms with Crippen LogP contribution in [0.5, 0.6) is 23.3 Å². The molecule has 0 aliphatic rings. The van der Waals surface area contributed by atoms with Crippen LogP contribution in [0.25, 0.3) is 11.1 Å². The molecule has 37 heavy (non-hydrogen) atoms. The van der Waals surface area contributed by atoms with Gasteiger partial charge in [-0.15, -0.1) is 0 Å². The largest absolute Gasteiger partial charge is 0.439 e. The highest BCUT2D eigenvalue weighted by Crippen LogP contribution is 2.42. The number of benzene rings is 2. The standard InChI is InChI=1S/C24H11BrCl2F6N2O2/c25-17-3-1-2-16(21(17)37-22-18(26)8-14(11-34-22)24(31,32)33)12-4-6-15(7-5-12)36-20-10-13(23(28,29)30)9-19(27)35-20/h1-11H. The summed E-state index contributed by atoms with van der Waals surface area (Å²) in [7, 11) is 0. The zero-order chi connectivity index (χ0) is 27.0. The number of halogens is 9. The number of para-hydroxylation sites is 1. The normalized spacial score (nSPS) is 11.9. The van der Waals surface area contributed by atoms with E-state index in [9.17, 15) is 26.3 Å². The maximum atomic E-state index is 13.0. The molecule has 0 saturated heterocycles. The summed E-state index contributed by atoms with van der Waals surface area (Å²) in [6, 6.07) is 13.3. The van der Waals surface area contributed by atoms with E-state index in [1.54, 1.807) is 30.3 Å². The summed E-state index contributed by atoms with van der Waals surface area (Å²) in [4.78, 5) is 7.45. The highest BCUT2D eigenvalue weighted by molar-refractivity contribution is 9.10. The molecule has 0 N–H and O–H groups in total. The van der Waals surface area contributed by atoms with Gasteiger partial charge in [-0.2, -0.15) is 26.3 Å². The van der Waals surface area contributed by atoms with Gasteiger partial charge in [0, 0.05) is 17.8 Å². The molecule has 0 unspecified atom stereocenters. The molecular formula is C24H11BrCl2F6N2O2. The van der Waals surface area contributed by atoms with Crippen LogP contribution in [-0.4, -0.2) is 9.97 Å². The van der Waals surface area contributed by atoms with Crippen molar-refractivity contribution in [3.05, 3.63) is 92.6 Å². The van der Waals surface area contributed by atoms with Gasteiger partial charge in [0.1, 0.15) is 15.9 Å². The Balaban J connectivity index is 1.61. The van der Waals surface area contributed by atoms with Gasteiger partial charge in [-0.3, -0.25) is 0 Å². The molecule has 0 atom stereocenters. The monoisotopic (exact) mass is 622 g/mol. The van der Waals surface area contributed by atoms with Crippen molar-refractivity contribution >= 4 is 39.1 Å². The van der Waals surface area contributed by atoms with Gasteiger partial charge in [0.25, 0.3) is 0 Å². The predicted molar refractivity (Wildman–Crippen MR) is 128 cm³/mol. The first-order valence-electron chi connectivity index (χ1n) is 10.0. The molecule has 0 radical (unpaired) electrons. The Hall–Kier alpha value is -3.02. The number of nitrogens with zero attached hydrogens (tertiary/aromatic N) is 2. The van der Waals surface area contributed by atoms with Gasteiger partial charge in [0.15, 0.2) is 5.75 Å². The molecule has 0 spiro atoms. The summed E-state index contributed by atoms with van der Waals surface area (Å²) < 4.78 is 89.5. The van der Waals surface area contributed by atoms with Crippen LogP contribution in [0.4, 0.5) is 26.3 Å². The SMILES string of the molecule is FC(F)(F)c1cc(Cl)nc(Oc2ccc(-c3cccc(Br)c3Oc3ncc(C(F)(F)F)cc3Cl)cc2)c1. The van der Waals surface area contributed by atoms with Crippen LogP contribution in [0.2, 0.25) is 10.2 Å². The molecule has 13 heteroatoms. The van der Waals surface area contributed by atoms with E-state index in [-0.39, 0.29) is 33.4 Å². The number of hydrogen-bond acceptors (Lipinski definition) is 4. The first kappa shape index (κ1) is 27.0. The molecule has 0 bridgehead atoms. The van der Waals surface area contributed by atoms with E-state index in [1.807, 2.05) is 0 Å². The van der Waals surface area contributed by atoms with Gasteiger partial charge in [-0.25, -0.2) is 9.97 Å². The minimum absolute atomic E-state index is 0.177. The topological polar surface area (TPSA) is 44.2 Å². The molecule has 0 saturated carbocycles. The number of hydrogen-bond donors (Lipinski definition) is 0. The molecule has 0 fully saturated rings. The van der Waals surface area contributed by atoms with E-state index < -0.39 is 23.5 Å². The lowest BCUT2D eigenvalue weighted by molar-refractivity contribution is -0.138. The molecule has 4 nitrogen and oxygen atoms in total. The number of pyridine rings is 2. The third kappa shape index (κ3) is 6.46. The van der Waals surface area contributed by atoms with Crippen molar-refractivity contribution in [2.24, 2.45) is 0 Å². The lowest BCUT2D eigenvalue weighted by Gasteiger charge is -2.15. The molecule has 4 aromatic rings. The summed E-state index contributed by atoms with van der Waals surface area (Å²) in [5.41, 5.74) is -0.935. The lowest BCUT2D eigenvalue weighted by Crippen LogP contribution is -2.06. The van der Waals surface area contributed by atoms with Crippen molar-refractivity contribution in [1.82, 2.24) is 9.97 Å².